The monoisotopic (exact) mass is 372 g/mol. The highest BCUT2D eigenvalue weighted by Gasteiger charge is 2.22. The van der Waals surface area contributed by atoms with Gasteiger partial charge in [0.2, 0.25) is 5.95 Å². The van der Waals surface area contributed by atoms with Gasteiger partial charge in [0.1, 0.15) is 11.5 Å². The minimum absolute atomic E-state index is 0.303. The summed E-state index contributed by atoms with van der Waals surface area (Å²) in [6, 6.07) is 3.72. The number of hydrogen-bond donors (Lipinski definition) is 2. The van der Waals surface area contributed by atoms with Crippen LogP contribution in [-0.4, -0.2) is 38.7 Å². The zero-order valence-corrected chi connectivity index (χ0v) is 15.5. The maximum Gasteiger partial charge on any atom is 0.277 e. The molecule has 0 saturated carbocycles. The molecule has 0 atom stereocenters. The van der Waals surface area contributed by atoms with Crippen LogP contribution in [0.25, 0.3) is 10.8 Å². The number of anilines is 1. The van der Waals surface area contributed by atoms with E-state index in [0.717, 1.165) is 37.5 Å². The van der Waals surface area contributed by atoms with Crippen LogP contribution in [0.5, 0.6) is 0 Å². The van der Waals surface area contributed by atoms with E-state index in [0.29, 0.717) is 28.3 Å². The lowest BCUT2D eigenvalue weighted by Gasteiger charge is -2.19. The lowest BCUT2D eigenvalue weighted by atomic mass is 9.98. The number of piperidine rings is 1. The minimum atomic E-state index is -0.303. The number of nitrogens with one attached hydrogen (secondary N) is 2. The highest BCUT2D eigenvalue weighted by Crippen LogP contribution is 2.26. The molecule has 9 heteroatoms. The molecule has 3 aromatic heterocycles. The van der Waals surface area contributed by atoms with Crippen molar-refractivity contribution in [3.8, 4) is 10.8 Å². The molecule has 2 N–H and O–H groups in total. The molecule has 0 radical (unpaired) electrons. The number of aromatic nitrogens is 4. The summed E-state index contributed by atoms with van der Waals surface area (Å²) in [5.41, 5.74) is 0.338. The molecule has 8 nitrogen and oxygen atoms in total. The Morgan fingerprint density at radius 1 is 1.35 bits per heavy atom. The highest BCUT2D eigenvalue weighted by molar-refractivity contribution is 7.13. The summed E-state index contributed by atoms with van der Waals surface area (Å²) in [4.78, 5) is 21.4. The minimum Gasteiger partial charge on any atom is -0.459 e. The van der Waals surface area contributed by atoms with Crippen molar-refractivity contribution in [3.63, 3.8) is 0 Å². The summed E-state index contributed by atoms with van der Waals surface area (Å²) in [5, 5.41) is 13.0. The molecule has 4 heterocycles. The van der Waals surface area contributed by atoms with Crippen molar-refractivity contribution in [3.05, 3.63) is 34.8 Å². The Morgan fingerprint density at radius 2 is 2.15 bits per heavy atom. The third-order valence-corrected chi connectivity index (χ3v) is 5.25. The Kier molecular flexibility index (Phi) is 4.56. The molecule has 0 spiro atoms. The van der Waals surface area contributed by atoms with Crippen molar-refractivity contribution in [1.29, 1.82) is 0 Å². The standard InChI is InChI=1S/C17H20N6O2S/c1-10-3-4-13(25-10)16-19-12(9-26-16)15(24)21-17-20-14(22-23(17)2)11-5-7-18-8-6-11/h3-4,9,11,18H,5-8H2,1-2H3,(H,20,21,22,24). The van der Waals surface area contributed by atoms with Gasteiger partial charge in [-0.25, -0.2) is 9.67 Å². The van der Waals surface area contributed by atoms with Gasteiger partial charge in [0.05, 0.1) is 0 Å². The van der Waals surface area contributed by atoms with Crippen molar-refractivity contribution in [2.24, 2.45) is 7.05 Å². The van der Waals surface area contributed by atoms with Crippen LogP contribution in [0.15, 0.2) is 21.9 Å². The number of furan rings is 1. The van der Waals surface area contributed by atoms with Gasteiger partial charge in [0.15, 0.2) is 16.6 Å². The number of carbonyl (C=O) groups is 1. The van der Waals surface area contributed by atoms with Crippen LogP contribution >= 0.6 is 11.3 Å². The summed E-state index contributed by atoms with van der Waals surface area (Å²) in [7, 11) is 1.78. The predicted octanol–water partition coefficient (Wildman–Crippen LogP) is 2.56. The van der Waals surface area contributed by atoms with Gasteiger partial charge in [-0.05, 0) is 45.0 Å². The molecule has 26 heavy (non-hydrogen) atoms. The van der Waals surface area contributed by atoms with Crippen LogP contribution in [-0.2, 0) is 7.05 Å². The predicted molar refractivity (Wildman–Crippen MR) is 98.4 cm³/mol. The third-order valence-electron chi connectivity index (χ3n) is 4.40. The van der Waals surface area contributed by atoms with Crippen LogP contribution in [0.4, 0.5) is 5.95 Å². The van der Waals surface area contributed by atoms with Crippen molar-refractivity contribution in [2.75, 3.05) is 18.4 Å². The molecule has 0 unspecified atom stereocenters. The Labute approximate surface area is 154 Å². The number of thiazole rings is 1. The van der Waals surface area contributed by atoms with Gasteiger partial charge >= 0.3 is 0 Å². The van der Waals surface area contributed by atoms with E-state index in [1.807, 2.05) is 19.1 Å². The molecular formula is C17H20N6O2S. The number of rotatable bonds is 4. The van der Waals surface area contributed by atoms with Gasteiger partial charge in [-0.15, -0.1) is 11.3 Å². The lowest BCUT2D eigenvalue weighted by molar-refractivity contribution is 0.102. The van der Waals surface area contributed by atoms with Crippen LogP contribution in [0.3, 0.4) is 0 Å². The van der Waals surface area contributed by atoms with Gasteiger partial charge in [-0.1, -0.05) is 0 Å². The Bertz CT molecular complexity index is 921. The second-order valence-corrected chi connectivity index (χ2v) is 7.20. The quantitative estimate of drug-likeness (QED) is 0.730. The first-order valence-electron chi connectivity index (χ1n) is 8.55. The molecule has 1 aliphatic rings. The molecule has 0 aromatic carbocycles. The molecule has 0 aliphatic carbocycles. The molecule has 0 bridgehead atoms. The molecule has 1 aliphatic heterocycles. The maximum atomic E-state index is 12.5. The van der Waals surface area contributed by atoms with Crippen molar-refractivity contribution < 1.29 is 9.21 Å². The number of hydrogen-bond acceptors (Lipinski definition) is 7. The van der Waals surface area contributed by atoms with Crippen molar-refractivity contribution >= 4 is 23.2 Å². The summed E-state index contributed by atoms with van der Waals surface area (Å²) in [6.07, 6.45) is 2.02. The topological polar surface area (TPSA) is 97.9 Å². The first-order chi connectivity index (χ1) is 12.6. The van der Waals surface area contributed by atoms with Gasteiger partial charge in [0, 0.05) is 18.3 Å². The summed E-state index contributed by atoms with van der Waals surface area (Å²) >= 11 is 1.37. The smallest absolute Gasteiger partial charge is 0.277 e. The largest absolute Gasteiger partial charge is 0.459 e. The van der Waals surface area contributed by atoms with E-state index in [4.69, 9.17) is 4.42 Å². The third kappa shape index (κ3) is 3.40. The van der Waals surface area contributed by atoms with E-state index in [-0.39, 0.29) is 5.91 Å². The summed E-state index contributed by atoms with van der Waals surface area (Å²) < 4.78 is 7.16. The molecule has 1 amide bonds. The van der Waals surface area contributed by atoms with E-state index < -0.39 is 0 Å². The Balaban J connectivity index is 1.48. The molecule has 4 rings (SSSR count). The SMILES string of the molecule is Cc1ccc(-c2nc(C(=O)Nc3nc(C4CCNCC4)nn3C)cs2)o1. The fourth-order valence-electron chi connectivity index (χ4n) is 2.97. The fourth-order valence-corrected chi connectivity index (χ4v) is 3.73. The molecule has 136 valence electrons. The fraction of sp³-hybridized carbons (Fsp3) is 0.412. The highest BCUT2D eigenvalue weighted by atomic mass is 32.1. The Hall–Kier alpha value is -2.52. The van der Waals surface area contributed by atoms with E-state index >= 15 is 0 Å². The van der Waals surface area contributed by atoms with E-state index in [1.165, 1.54) is 11.3 Å². The number of amides is 1. The average Bonchev–Trinajstić information content (AvgIpc) is 3.36. The Morgan fingerprint density at radius 3 is 2.88 bits per heavy atom. The summed E-state index contributed by atoms with van der Waals surface area (Å²) in [5.74, 6) is 2.73. The van der Waals surface area contributed by atoms with Crippen molar-refractivity contribution in [2.45, 2.75) is 25.7 Å². The van der Waals surface area contributed by atoms with Crippen molar-refractivity contribution in [1.82, 2.24) is 25.1 Å². The second-order valence-electron chi connectivity index (χ2n) is 6.34. The average molecular weight is 372 g/mol. The number of aryl methyl sites for hydroxylation is 2. The lowest BCUT2D eigenvalue weighted by Crippen LogP contribution is -2.27. The van der Waals surface area contributed by atoms with Gasteiger partial charge in [-0.2, -0.15) is 10.1 Å². The van der Waals surface area contributed by atoms with Gasteiger partial charge in [-0.3, -0.25) is 10.1 Å². The molecule has 1 fully saturated rings. The van der Waals surface area contributed by atoms with Crippen LogP contribution in [0, 0.1) is 6.92 Å². The first-order valence-corrected chi connectivity index (χ1v) is 9.43. The van der Waals surface area contributed by atoms with E-state index in [1.54, 1.807) is 17.1 Å². The van der Waals surface area contributed by atoms with Crippen LogP contribution in [0.1, 0.15) is 40.8 Å². The van der Waals surface area contributed by atoms with Crippen LogP contribution in [0.2, 0.25) is 0 Å². The van der Waals surface area contributed by atoms with Gasteiger partial charge in [0.25, 0.3) is 5.91 Å². The normalized spacial score (nSPS) is 15.3. The van der Waals surface area contributed by atoms with E-state index in [9.17, 15) is 4.79 Å². The maximum absolute atomic E-state index is 12.5. The number of nitrogens with zero attached hydrogens (tertiary/aromatic N) is 4. The second kappa shape index (κ2) is 7.00. The molecule has 1 saturated heterocycles. The number of carbonyl (C=O) groups excluding carboxylic acids is 1. The van der Waals surface area contributed by atoms with E-state index in [2.05, 4.69) is 25.7 Å². The van der Waals surface area contributed by atoms with Crippen LogP contribution < -0.4 is 10.6 Å². The molecular weight excluding hydrogens is 352 g/mol. The molecule has 3 aromatic rings. The first kappa shape index (κ1) is 16.9. The summed E-state index contributed by atoms with van der Waals surface area (Å²) in [6.45, 7) is 3.82. The zero-order chi connectivity index (χ0) is 18.1. The van der Waals surface area contributed by atoms with Gasteiger partial charge < -0.3 is 9.73 Å². The zero-order valence-electron chi connectivity index (χ0n) is 14.7.